The number of thiophene rings is 1. The first-order valence-electron chi connectivity index (χ1n) is 15.4. The van der Waals surface area contributed by atoms with Crippen LogP contribution in [0.3, 0.4) is 0 Å². The van der Waals surface area contributed by atoms with E-state index in [1.54, 1.807) is 0 Å². The number of hydrogen-bond acceptors (Lipinski definition) is 14. The quantitative estimate of drug-likeness (QED) is 0.0293. The minimum atomic E-state index is -1.50. The number of amides is 2. The van der Waals surface area contributed by atoms with Crippen molar-refractivity contribution in [2.45, 2.75) is 50.4 Å². The number of aliphatic hydroxyl groups is 1. The number of nitrogens with one attached hydrogen (secondary N) is 2. The van der Waals surface area contributed by atoms with Crippen molar-refractivity contribution in [1.29, 1.82) is 5.41 Å². The topological polar surface area (TPSA) is 239 Å². The molecule has 2 aliphatic rings. The number of fused-ring (bicyclic) bond motifs is 2. The molecule has 4 aromatic heterocycles. The second-order valence-electron chi connectivity index (χ2n) is 12.2. The molecule has 0 unspecified atom stereocenters. The summed E-state index contributed by atoms with van der Waals surface area (Å²) in [6.07, 6.45) is 4.15. The van der Waals surface area contributed by atoms with Crippen molar-refractivity contribution in [3.05, 3.63) is 86.8 Å². The van der Waals surface area contributed by atoms with E-state index < -0.39 is 34.8 Å². The van der Waals surface area contributed by atoms with Gasteiger partial charge in [0.15, 0.2) is 16.4 Å². The second kappa shape index (κ2) is 14.3. The highest BCUT2D eigenvalue weighted by Gasteiger charge is 2.53. The predicted molar refractivity (Wildman–Crippen MR) is 191 cm³/mol. The lowest BCUT2D eigenvalue weighted by Crippen LogP contribution is -2.71. The Hall–Kier alpha value is -5.11. The van der Waals surface area contributed by atoms with E-state index in [0.29, 0.717) is 17.7 Å². The lowest BCUT2D eigenvalue weighted by Gasteiger charge is -2.50. The van der Waals surface area contributed by atoms with E-state index in [-0.39, 0.29) is 59.2 Å². The molecule has 2 aliphatic heterocycles. The van der Waals surface area contributed by atoms with Gasteiger partial charge in [-0.25, -0.2) is 4.98 Å². The van der Waals surface area contributed by atoms with E-state index in [1.807, 2.05) is 40.4 Å². The van der Waals surface area contributed by atoms with Crippen LogP contribution in [0, 0.1) is 5.41 Å². The molecular formula is C32H34N9O7S3-. The molecule has 7 N–H and O–H groups in total. The standard InChI is InChI=1S/C32H35N9O7S3/c1-16(42)32(2,3)48-38-23(21-15-51-31(35)36-21)27(43)37-24-28(44)41-25(30(45)46)17(13-50-29(24)41)6-9-47-12-19-4-5-22-39(7-8-40(19)22)11-20-10-18(14-49-20)26(33)34/h4-5,7-8,10,14-15,24,29,42H,1,6,9,11-13H2,2-3H3,(H3,33,34)(H2,35,36)(H,37,43)(H,45,46)/p-1/b38-23-/t24-,29-/m1/s1. The van der Waals surface area contributed by atoms with Gasteiger partial charge in [-0.05, 0) is 44.0 Å². The Bertz CT molecular complexity index is 2110. The van der Waals surface area contributed by atoms with Crippen LogP contribution in [0.25, 0.3) is 5.65 Å². The number of carbonyl (C=O) groups is 3. The monoisotopic (exact) mass is 752 g/mol. The molecule has 0 aromatic carbocycles. The smallest absolute Gasteiger partial charge is 0.276 e. The van der Waals surface area contributed by atoms with Gasteiger partial charge >= 0.3 is 0 Å². The molecule has 0 radical (unpaired) electrons. The molecule has 6 heterocycles. The summed E-state index contributed by atoms with van der Waals surface area (Å²) in [5, 5.41) is 39.0. The first-order chi connectivity index (χ1) is 24.2. The van der Waals surface area contributed by atoms with Crippen molar-refractivity contribution >= 4 is 74.5 Å². The van der Waals surface area contributed by atoms with Crippen LogP contribution >= 0.6 is 34.4 Å². The predicted octanol–water partition coefficient (Wildman–Crippen LogP) is 1.76. The second-order valence-corrected chi connectivity index (χ2v) is 15.1. The minimum absolute atomic E-state index is 0.0361. The molecule has 2 amide bonds. The van der Waals surface area contributed by atoms with E-state index in [4.69, 9.17) is 26.5 Å². The summed E-state index contributed by atoms with van der Waals surface area (Å²) in [6, 6.07) is 4.79. The SMILES string of the molecule is C=C(O)C(C)(C)O/N=C(\C(=O)N[C@@H]1C(=O)N2C(C(=O)[O-])=C(CCOCc3ccc4n(Cc5cc(C(=N)N)cs5)ccn34)CS[C@H]12)c1csc(N)n1. The molecule has 1 saturated heterocycles. The molecule has 4 aromatic rings. The maximum absolute atomic E-state index is 13.4. The third-order valence-electron chi connectivity index (χ3n) is 8.33. The van der Waals surface area contributed by atoms with Crippen LogP contribution in [-0.4, -0.2) is 82.7 Å². The number of aliphatic carboxylic acids is 1. The Balaban J connectivity index is 1.08. The van der Waals surface area contributed by atoms with Crippen LogP contribution in [0.15, 0.2) is 70.1 Å². The van der Waals surface area contributed by atoms with Crippen molar-refractivity contribution in [2.24, 2.45) is 10.9 Å². The van der Waals surface area contributed by atoms with Gasteiger partial charge in [-0.2, -0.15) is 0 Å². The molecular weight excluding hydrogens is 719 g/mol. The highest BCUT2D eigenvalue weighted by Crippen LogP contribution is 2.41. The summed E-state index contributed by atoms with van der Waals surface area (Å²) < 4.78 is 10.0. The summed E-state index contributed by atoms with van der Waals surface area (Å²) in [4.78, 5) is 50.6. The van der Waals surface area contributed by atoms with Gasteiger partial charge in [-0.1, -0.05) is 11.7 Å². The van der Waals surface area contributed by atoms with Crippen LogP contribution in [-0.2, 0) is 37.1 Å². The maximum Gasteiger partial charge on any atom is 0.276 e. The van der Waals surface area contributed by atoms with Crippen LogP contribution in [0.5, 0.6) is 0 Å². The van der Waals surface area contributed by atoms with Crippen molar-refractivity contribution in [3.8, 4) is 0 Å². The number of carbonyl (C=O) groups excluding carboxylic acids is 3. The fraction of sp³-hybridized carbons (Fsp3) is 0.312. The van der Waals surface area contributed by atoms with Crippen LogP contribution in [0.2, 0.25) is 0 Å². The first kappa shape index (κ1) is 35.7. The third-order valence-corrected chi connectivity index (χ3v) is 11.3. The summed E-state index contributed by atoms with van der Waals surface area (Å²) in [7, 11) is 0. The van der Waals surface area contributed by atoms with Gasteiger partial charge in [0.25, 0.3) is 11.8 Å². The zero-order valence-corrected chi connectivity index (χ0v) is 29.9. The van der Waals surface area contributed by atoms with Crippen LogP contribution in [0.4, 0.5) is 5.13 Å². The van der Waals surface area contributed by atoms with Gasteiger partial charge in [-0.3, -0.25) is 19.9 Å². The molecule has 16 nitrogen and oxygen atoms in total. The molecule has 1 fully saturated rings. The Kier molecular flexibility index (Phi) is 9.98. The lowest BCUT2D eigenvalue weighted by molar-refractivity contribution is -0.301. The zero-order valence-electron chi connectivity index (χ0n) is 27.5. The van der Waals surface area contributed by atoms with Gasteiger partial charge in [-0.15, -0.1) is 34.4 Å². The van der Waals surface area contributed by atoms with E-state index in [9.17, 15) is 24.6 Å². The van der Waals surface area contributed by atoms with E-state index in [2.05, 4.69) is 26.6 Å². The van der Waals surface area contributed by atoms with Crippen LogP contribution in [0.1, 0.15) is 42.1 Å². The number of ether oxygens (including phenoxy) is 1. The molecule has 19 heteroatoms. The highest BCUT2D eigenvalue weighted by atomic mass is 32.2. The number of aliphatic hydroxyl groups excluding tert-OH is 1. The number of aromatic nitrogens is 3. The highest BCUT2D eigenvalue weighted by molar-refractivity contribution is 8.00. The minimum Gasteiger partial charge on any atom is -0.543 e. The molecule has 268 valence electrons. The Morgan fingerprint density at radius 2 is 2.06 bits per heavy atom. The van der Waals surface area contributed by atoms with E-state index in [1.165, 1.54) is 42.3 Å². The van der Waals surface area contributed by atoms with Crippen molar-refractivity contribution in [1.82, 2.24) is 24.2 Å². The number of imidazole rings is 1. The van der Waals surface area contributed by atoms with E-state index >= 15 is 0 Å². The van der Waals surface area contributed by atoms with Crippen molar-refractivity contribution in [2.75, 3.05) is 18.1 Å². The summed E-state index contributed by atoms with van der Waals surface area (Å²) >= 11 is 3.91. The number of carboxylic acids is 1. The number of thiazole rings is 1. The Morgan fingerprint density at radius 3 is 2.73 bits per heavy atom. The zero-order chi connectivity index (χ0) is 36.6. The lowest BCUT2D eigenvalue weighted by atomic mass is 10.0. The number of anilines is 1. The Morgan fingerprint density at radius 1 is 1.27 bits per heavy atom. The molecule has 51 heavy (non-hydrogen) atoms. The summed E-state index contributed by atoms with van der Waals surface area (Å²) in [5.41, 5.74) is 12.6. The van der Waals surface area contributed by atoms with Gasteiger partial charge in [0.05, 0.1) is 31.4 Å². The Labute approximate surface area is 303 Å². The average molecular weight is 753 g/mol. The molecule has 0 aliphatic carbocycles. The number of β-lactam (4-membered cyclic amide) rings is 1. The van der Waals surface area contributed by atoms with Crippen LogP contribution < -0.4 is 21.9 Å². The number of nitrogens with zero attached hydrogens (tertiary/aromatic N) is 5. The van der Waals surface area contributed by atoms with E-state index in [0.717, 1.165) is 32.5 Å². The number of thioether (sulfide) groups is 1. The van der Waals surface area contributed by atoms with Crippen molar-refractivity contribution < 1.29 is 34.2 Å². The maximum atomic E-state index is 13.4. The summed E-state index contributed by atoms with van der Waals surface area (Å²) in [5.74, 6) is -2.94. The third kappa shape index (κ3) is 7.23. The number of nitrogen functional groups attached to an aromatic ring is 2. The average Bonchev–Trinajstić information content (AvgIpc) is 3.89. The van der Waals surface area contributed by atoms with Crippen molar-refractivity contribution in [3.63, 3.8) is 0 Å². The summed E-state index contributed by atoms with van der Waals surface area (Å²) in [6.45, 7) is 7.52. The van der Waals surface area contributed by atoms with Gasteiger partial charge in [0, 0.05) is 45.0 Å². The van der Waals surface area contributed by atoms with Gasteiger partial charge < -0.3 is 50.3 Å². The molecule has 0 spiro atoms. The first-order valence-corrected chi connectivity index (χ1v) is 18.3. The molecule has 2 atom stereocenters. The number of carboxylic acid groups (broad SMARTS) is 1. The van der Waals surface area contributed by atoms with Gasteiger partial charge in [0.1, 0.15) is 34.4 Å². The molecule has 0 saturated carbocycles. The van der Waals surface area contributed by atoms with Gasteiger partial charge in [0.2, 0.25) is 0 Å². The molecule has 6 rings (SSSR count). The number of rotatable bonds is 15. The fourth-order valence-corrected chi connectivity index (χ4v) is 8.21. The number of amidine groups is 1. The number of nitrogens with two attached hydrogens (primary N) is 2. The number of oxime groups is 1. The normalized spacial score (nSPS) is 17.7. The number of hydrogen-bond donors (Lipinski definition) is 5. The fourth-order valence-electron chi connectivity index (χ4n) is 5.39. The largest absolute Gasteiger partial charge is 0.543 e. The molecule has 0 bridgehead atoms.